The molecule has 0 bridgehead atoms. The van der Waals surface area contributed by atoms with Gasteiger partial charge in [-0.1, -0.05) is 29.4 Å². The van der Waals surface area contributed by atoms with Gasteiger partial charge in [0.1, 0.15) is 5.52 Å². The van der Waals surface area contributed by atoms with Gasteiger partial charge < -0.3 is 9.63 Å². The highest BCUT2D eigenvalue weighted by Gasteiger charge is 2.14. The zero-order valence-electron chi connectivity index (χ0n) is 10.3. The first-order valence-corrected chi connectivity index (χ1v) is 7.08. The molecule has 0 saturated heterocycles. The number of carboxylic acid groups (broad SMARTS) is 1. The van der Waals surface area contributed by atoms with Crippen LogP contribution in [0.4, 0.5) is 0 Å². The number of aliphatic carboxylic acids is 1. The highest BCUT2D eigenvalue weighted by Crippen LogP contribution is 2.30. The molecular formula is C15H10INO3. The van der Waals surface area contributed by atoms with Crippen LogP contribution in [-0.4, -0.2) is 16.2 Å². The molecule has 1 heterocycles. The van der Waals surface area contributed by atoms with Crippen LogP contribution in [0.15, 0.2) is 47.0 Å². The predicted molar refractivity (Wildman–Crippen MR) is 83.5 cm³/mol. The van der Waals surface area contributed by atoms with Gasteiger partial charge in [-0.05, 0) is 46.4 Å². The number of nitrogens with zero attached hydrogens (tertiary/aromatic N) is 1. The Labute approximate surface area is 128 Å². The van der Waals surface area contributed by atoms with E-state index in [1.807, 2.05) is 36.4 Å². The molecule has 0 aliphatic rings. The maximum atomic E-state index is 10.9. The molecule has 1 aromatic heterocycles. The summed E-state index contributed by atoms with van der Waals surface area (Å²) >= 11 is 2.24. The minimum Gasteiger partial charge on any atom is -0.481 e. The van der Waals surface area contributed by atoms with Crippen LogP contribution >= 0.6 is 22.6 Å². The summed E-state index contributed by atoms with van der Waals surface area (Å²) in [5.74, 6) is -0.208. The fraction of sp³-hybridized carbons (Fsp3) is 0.0667. The molecule has 0 amide bonds. The zero-order chi connectivity index (χ0) is 14.1. The number of carbonyl (C=O) groups is 1. The average Bonchev–Trinajstić information content (AvgIpc) is 2.84. The molecule has 20 heavy (non-hydrogen) atoms. The first-order valence-electron chi connectivity index (χ1n) is 6.00. The average molecular weight is 379 g/mol. The lowest BCUT2D eigenvalue weighted by Crippen LogP contribution is -2.00. The monoisotopic (exact) mass is 379 g/mol. The van der Waals surface area contributed by atoms with Crippen LogP contribution in [0.25, 0.3) is 22.2 Å². The molecule has 0 aliphatic carbocycles. The van der Waals surface area contributed by atoms with Gasteiger partial charge in [-0.3, -0.25) is 4.79 Å². The third-order valence-corrected chi connectivity index (χ3v) is 3.76. The van der Waals surface area contributed by atoms with Gasteiger partial charge >= 0.3 is 5.97 Å². The first-order chi connectivity index (χ1) is 9.65. The van der Waals surface area contributed by atoms with E-state index < -0.39 is 5.97 Å². The van der Waals surface area contributed by atoms with Crippen LogP contribution in [0.2, 0.25) is 0 Å². The molecule has 1 N–H and O–H groups in total. The van der Waals surface area contributed by atoms with E-state index in [4.69, 9.17) is 9.63 Å². The molecule has 0 atom stereocenters. The predicted octanol–water partition coefficient (Wildman–Crippen LogP) is 3.73. The Balaban J connectivity index is 2.14. The number of halogens is 1. The van der Waals surface area contributed by atoms with Crippen molar-refractivity contribution in [2.24, 2.45) is 0 Å². The molecule has 0 aliphatic heterocycles. The zero-order valence-corrected chi connectivity index (χ0v) is 12.5. The van der Waals surface area contributed by atoms with Crippen molar-refractivity contribution in [1.29, 1.82) is 0 Å². The van der Waals surface area contributed by atoms with Gasteiger partial charge in [0.05, 0.1) is 11.8 Å². The fourth-order valence-electron chi connectivity index (χ4n) is 2.14. The van der Waals surface area contributed by atoms with Gasteiger partial charge in [0.15, 0.2) is 5.76 Å². The quantitative estimate of drug-likeness (QED) is 0.705. The van der Waals surface area contributed by atoms with Crippen molar-refractivity contribution in [1.82, 2.24) is 5.16 Å². The summed E-state index contributed by atoms with van der Waals surface area (Å²) in [6.45, 7) is 0. The van der Waals surface area contributed by atoms with Crippen LogP contribution in [0.5, 0.6) is 0 Å². The van der Waals surface area contributed by atoms with Crippen molar-refractivity contribution in [2.75, 3.05) is 0 Å². The summed E-state index contributed by atoms with van der Waals surface area (Å²) in [6.07, 6.45) is -0.0595. The summed E-state index contributed by atoms with van der Waals surface area (Å²) in [4.78, 5) is 10.9. The van der Waals surface area contributed by atoms with Gasteiger partial charge in [0.2, 0.25) is 0 Å². The van der Waals surface area contributed by atoms with Crippen molar-refractivity contribution in [2.45, 2.75) is 6.42 Å². The van der Waals surface area contributed by atoms with Gasteiger partial charge in [0.25, 0.3) is 0 Å². The Morgan fingerprint density at radius 1 is 1.20 bits per heavy atom. The molecule has 100 valence electrons. The van der Waals surface area contributed by atoms with Gasteiger partial charge in [-0.15, -0.1) is 0 Å². The first kappa shape index (κ1) is 13.1. The standard InChI is InChI=1S/C15H10INO3/c16-11-6-4-9(5-7-11)15-12-3-1-2-10(8-13(18)19)14(12)17-20-15/h1-7H,8H2,(H,18,19). The molecule has 4 nitrogen and oxygen atoms in total. The lowest BCUT2D eigenvalue weighted by Gasteiger charge is -1.99. The SMILES string of the molecule is O=C(O)Cc1cccc2c(-c3ccc(I)cc3)onc12. The molecule has 0 radical (unpaired) electrons. The highest BCUT2D eigenvalue weighted by atomic mass is 127. The van der Waals surface area contributed by atoms with E-state index in [2.05, 4.69) is 27.7 Å². The highest BCUT2D eigenvalue weighted by molar-refractivity contribution is 14.1. The fourth-order valence-corrected chi connectivity index (χ4v) is 2.50. The Morgan fingerprint density at radius 3 is 2.65 bits per heavy atom. The van der Waals surface area contributed by atoms with Crippen molar-refractivity contribution >= 4 is 39.5 Å². The van der Waals surface area contributed by atoms with E-state index in [1.54, 1.807) is 6.07 Å². The third-order valence-electron chi connectivity index (χ3n) is 3.04. The number of aromatic nitrogens is 1. The molecule has 0 saturated carbocycles. The second-order valence-corrected chi connectivity index (χ2v) is 5.65. The van der Waals surface area contributed by atoms with E-state index >= 15 is 0 Å². The van der Waals surface area contributed by atoms with Gasteiger partial charge in [-0.25, -0.2) is 0 Å². The molecule has 5 heteroatoms. The van der Waals surface area contributed by atoms with E-state index in [0.717, 1.165) is 14.5 Å². The summed E-state index contributed by atoms with van der Waals surface area (Å²) in [7, 11) is 0. The molecule has 3 aromatic rings. The lowest BCUT2D eigenvalue weighted by molar-refractivity contribution is -0.136. The van der Waals surface area contributed by atoms with Crippen LogP contribution in [0, 0.1) is 3.57 Å². The van der Waals surface area contributed by atoms with E-state index in [0.29, 0.717) is 16.8 Å². The molecule has 0 unspecified atom stereocenters. The molecule has 2 aromatic carbocycles. The van der Waals surface area contributed by atoms with Crippen LogP contribution < -0.4 is 0 Å². The van der Waals surface area contributed by atoms with Crippen molar-refractivity contribution < 1.29 is 14.4 Å². The van der Waals surface area contributed by atoms with E-state index in [-0.39, 0.29) is 6.42 Å². The smallest absolute Gasteiger partial charge is 0.307 e. The summed E-state index contributed by atoms with van der Waals surface area (Å²) < 4.78 is 6.56. The Hall–Kier alpha value is -1.89. The number of carboxylic acids is 1. The molecular weight excluding hydrogens is 369 g/mol. The largest absolute Gasteiger partial charge is 0.481 e. The molecule has 0 spiro atoms. The Bertz CT molecular complexity index is 777. The van der Waals surface area contributed by atoms with Crippen LogP contribution in [0.1, 0.15) is 5.56 Å². The van der Waals surface area contributed by atoms with Gasteiger partial charge in [-0.2, -0.15) is 0 Å². The van der Waals surface area contributed by atoms with Crippen LogP contribution in [-0.2, 0) is 11.2 Å². The number of fused-ring (bicyclic) bond motifs is 1. The summed E-state index contributed by atoms with van der Waals surface area (Å²) in [6, 6.07) is 13.4. The van der Waals surface area contributed by atoms with Crippen molar-refractivity contribution in [3.63, 3.8) is 0 Å². The molecule has 0 fully saturated rings. The summed E-state index contributed by atoms with van der Waals surface area (Å²) in [5, 5.41) is 13.8. The second kappa shape index (κ2) is 5.24. The van der Waals surface area contributed by atoms with Crippen molar-refractivity contribution in [3.8, 4) is 11.3 Å². The lowest BCUT2D eigenvalue weighted by atomic mass is 10.0. The van der Waals surface area contributed by atoms with Gasteiger partial charge in [0, 0.05) is 9.13 Å². The van der Waals surface area contributed by atoms with E-state index in [9.17, 15) is 4.79 Å². The summed E-state index contributed by atoms with van der Waals surface area (Å²) in [5.41, 5.74) is 2.21. The number of hydrogen-bond acceptors (Lipinski definition) is 3. The molecule has 3 rings (SSSR count). The Kier molecular flexibility index (Phi) is 3.43. The van der Waals surface area contributed by atoms with Crippen LogP contribution in [0.3, 0.4) is 0 Å². The number of rotatable bonds is 3. The number of benzene rings is 2. The third kappa shape index (κ3) is 2.40. The minimum atomic E-state index is -0.878. The maximum absolute atomic E-state index is 10.9. The Morgan fingerprint density at radius 2 is 1.95 bits per heavy atom. The number of hydrogen-bond donors (Lipinski definition) is 1. The second-order valence-electron chi connectivity index (χ2n) is 4.40. The minimum absolute atomic E-state index is 0.0595. The van der Waals surface area contributed by atoms with Crippen molar-refractivity contribution in [3.05, 3.63) is 51.6 Å². The topological polar surface area (TPSA) is 63.3 Å². The normalized spacial score (nSPS) is 10.8. The van der Waals surface area contributed by atoms with E-state index in [1.165, 1.54) is 0 Å². The maximum Gasteiger partial charge on any atom is 0.307 e.